The van der Waals surface area contributed by atoms with Crippen LogP contribution in [0.2, 0.25) is 0 Å². The molecule has 2 aliphatic rings. The van der Waals surface area contributed by atoms with Gasteiger partial charge in [0.05, 0.1) is 21.3 Å². The topological polar surface area (TPSA) is 130 Å². The highest BCUT2D eigenvalue weighted by molar-refractivity contribution is 8.00. The second-order valence-electron chi connectivity index (χ2n) is 10.4. The van der Waals surface area contributed by atoms with Crippen LogP contribution >= 0.6 is 11.8 Å². The number of nitrogens with two attached hydrogens (primary N) is 1. The van der Waals surface area contributed by atoms with Crippen LogP contribution in [0.3, 0.4) is 0 Å². The summed E-state index contributed by atoms with van der Waals surface area (Å²) in [5, 5.41) is -0.387. The third kappa shape index (κ3) is 7.35. The maximum absolute atomic E-state index is 13.6. The van der Waals surface area contributed by atoms with Gasteiger partial charge >= 0.3 is 12.1 Å². The smallest absolute Gasteiger partial charge is 0.410 e. The summed E-state index contributed by atoms with van der Waals surface area (Å²) in [6.07, 6.45) is -0.584. The number of ether oxygens (including phenoxy) is 5. The van der Waals surface area contributed by atoms with Gasteiger partial charge in [-0.15, -0.1) is 11.8 Å². The molecule has 45 heavy (non-hydrogen) atoms. The van der Waals surface area contributed by atoms with Crippen LogP contribution in [-0.2, 0) is 38.8 Å². The molecule has 12 heteroatoms. The molecular weight excluding hydrogens is 598 g/mol. The van der Waals surface area contributed by atoms with E-state index in [0.29, 0.717) is 28.6 Å². The SMILES string of the molecule is COc1ccc(COC(=O)C2=C(COC(=O)N(Cc3ccc(OC)cc3)Cc3ccc(OC)cc3)CS[C@H]3[C@H](N)C(=O)N23)cc1. The number of amides is 2. The average Bonchev–Trinajstić information content (AvgIpc) is 3.09. The normalized spacial score (nSPS) is 17.2. The quantitative estimate of drug-likeness (QED) is 0.230. The highest BCUT2D eigenvalue weighted by Gasteiger charge is 2.52. The van der Waals surface area contributed by atoms with Gasteiger partial charge in [0, 0.05) is 24.4 Å². The summed E-state index contributed by atoms with van der Waals surface area (Å²) in [5.41, 5.74) is 9.06. The lowest BCUT2D eigenvalue weighted by molar-refractivity contribution is -0.151. The molecule has 0 unspecified atom stereocenters. The second kappa shape index (κ2) is 14.4. The van der Waals surface area contributed by atoms with Crippen LogP contribution in [0.5, 0.6) is 17.2 Å². The van der Waals surface area contributed by atoms with Crippen molar-refractivity contribution in [1.82, 2.24) is 9.80 Å². The van der Waals surface area contributed by atoms with Crippen molar-refractivity contribution >= 4 is 29.7 Å². The number of hydrogen-bond acceptors (Lipinski definition) is 10. The molecule has 11 nitrogen and oxygen atoms in total. The number of carbonyl (C=O) groups excluding carboxylic acids is 3. The van der Waals surface area contributed by atoms with Crippen LogP contribution in [0, 0.1) is 0 Å². The fraction of sp³-hybridized carbons (Fsp3) is 0.303. The Bertz CT molecular complexity index is 1490. The fourth-order valence-electron chi connectivity index (χ4n) is 4.95. The van der Waals surface area contributed by atoms with Crippen molar-refractivity contribution in [3.05, 3.63) is 101 Å². The van der Waals surface area contributed by atoms with Gasteiger partial charge in [0.25, 0.3) is 0 Å². The van der Waals surface area contributed by atoms with Crippen molar-refractivity contribution < 1.29 is 38.1 Å². The third-order valence-electron chi connectivity index (χ3n) is 7.50. The number of hydrogen-bond donors (Lipinski definition) is 1. The third-order valence-corrected chi connectivity index (χ3v) is 8.86. The average molecular weight is 634 g/mol. The lowest BCUT2D eigenvalue weighted by atomic mass is 10.0. The Morgan fingerprint density at radius 3 is 1.76 bits per heavy atom. The van der Waals surface area contributed by atoms with Crippen molar-refractivity contribution in [2.45, 2.75) is 31.1 Å². The van der Waals surface area contributed by atoms with Crippen LogP contribution in [0.25, 0.3) is 0 Å². The number of carbonyl (C=O) groups is 3. The van der Waals surface area contributed by atoms with Gasteiger partial charge in [-0.05, 0) is 53.1 Å². The van der Waals surface area contributed by atoms with Gasteiger partial charge in [-0.1, -0.05) is 36.4 Å². The maximum Gasteiger partial charge on any atom is 0.410 e. The molecule has 0 saturated carbocycles. The number of thioether (sulfide) groups is 1. The van der Waals surface area contributed by atoms with Crippen molar-refractivity contribution in [3.8, 4) is 17.2 Å². The Morgan fingerprint density at radius 1 is 0.778 bits per heavy atom. The first kappa shape index (κ1) is 31.7. The Labute approximate surface area is 265 Å². The molecule has 1 fully saturated rings. The first-order valence-corrected chi connectivity index (χ1v) is 15.3. The van der Waals surface area contributed by atoms with Crippen LogP contribution in [0.15, 0.2) is 84.1 Å². The monoisotopic (exact) mass is 633 g/mol. The molecule has 1 saturated heterocycles. The van der Waals surface area contributed by atoms with E-state index in [0.717, 1.165) is 16.7 Å². The number of fused-ring (bicyclic) bond motifs is 1. The zero-order chi connectivity index (χ0) is 31.9. The van der Waals surface area contributed by atoms with Gasteiger partial charge in [0.1, 0.15) is 47.6 Å². The summed E-state index contributed by atoms with van der Waals surface area (Å²) < 4.78 is 27.1. The van der Waals surface area contributed by atoms with E-state index >= 15 is 0 Å². The van der Waals surface area contributed by atoms with Gasteiger partial charge in [0.15, 0.2) is 0 Å². The largest absolute Gasteiger partial charge is 0.497 e. The Balaban J connectivity index is 1.33. The molecule has 0 aliphatic carbocycles. The summed E-state index contributed by atoms with van der Waals surface area (Å²) in [7, 11) is 4.75. The van der Waals surface area contributed by atoms with E-state index in [1.54, 1.807) is 50.5 Å². The predicted molar refractivity (Wildman–Crippen MR) is 167 cm³/mol. The van der Waals surface area contributed by atoms with Crippen LogP contribution in [0.4, 0.5) is 4.79 Å². The van der Waals surface area contributed by atoms with Gasteiger partial charge in [-0.3, -0.25) is 14.6 Å². The molecule has 0 radical (unpaired) electrons. The maximum atomic E-state index is 13.6. The summed E-state index contributed by atoms with van der Waals surface area (Å²) >= 11 is 1.42. The van der Waals surface area contributed by atoms with E-state index in [-0.39, 0.29) is 43.3 Å². The molecule has 3 aromatic carbocycles. The predicted octanol–water partition coefficient (Wildman–Crippen LogP) is 4.09. The summed E-state index contributed by atoms with van der Waals surface area (Å²) in [4.78, 5) is 42.6. The minimum absolute atomic E-state index is 0.0111. The van der Waals surface area contributed by atoms with E-state index in [1.165, 1.54) is 16.7 Å². The van der Waals surface area contributed by atoms with Crippen molar-refractivity contribution in [2.75, 3.05) is 33.7 Å². The number of benzene rings is 3. The van der Waals surface area contributed by atoms with Crippen LogP contribution < -0.4 is 19.9 Å². The van der Waals surface area contributed by atoms with E-state index in [4.69, 9.17) is 29.4 Å². The van der Waals surface area contributed by atoms with Crippen LogP contribution in [0.1, 0.15) is 16.7 Å². The molecule has 0 spiro atoms. The molecule has 2 amide bonds. The van der Waals surface area contributed by atoms with Crippen molar-refractivity contribution in [1.29, 1.82) is 0 Å². The molecule has 2 aliphatic heterocycles. The Kier molecular flexibility index (Phi) is 10.2. The fourth-order valence-corrected chi connectivity index (χ4v) is 6.22. The molecule has 3 aromatic rings. The highest BCUT2D eigenvalue weighted by Crippen LogP contribution is 2.40. The summed E-state index contributed by atoms with van der Waals surface area (Å²) in [6, 6.07) is 21.2. The first-order chi connectivity index (χ1) is 21.8. The molecule has 0 bridgehead atoms. The number of β-lactam (4-membered cyclic amide) rings is 1. The molecule has 2 heterocycles. The Morgan fingerprint density at radius 2 is 1.27 bits per heavy atom. The molecule has 2 N–H and O–H groups in total. The number of nitrogens with zero attached hydrogens (tertiary/aromatic N) is 2. The van der Waals surface area contributed by atoms with E-state index in [9.17, 15) is 14.4 Å². The van der Waals surface area contributed by atoms with Gasteiger partial charge in [-0.25, -0.2) is 9.59 Å². The van der Waals surface area contributed by atoms with Gasteiger partial charge < -0.3 is 29.4 Å². The van der Waals surface area contributed by atoms with Crippen molar-refractivity contribution in [2.24, 2.45) is 5.73 Å². The minimum Gasteiger partial charge on any atom is -0.497 e. The molecule has 236 valence electrons. The first-order valence-electron chi connectivity index (χ1n) is 14.2. The lowest BCUT2D eigenvalue weighted by Gasteiger charge is -2.48. The summed E-state index contributed by atoms with van der Waals surface area (Å²) in [5.74, 6) is 1.37. The van der Waals surface area contributed by atoms with E-state index in [2.05, 4.69) is 0 Å². The minimum atomic E-state index is -0.715. The molecular formula is C33H35N3O8S. The lowest BCUT2D eigenvalue weighted by Crippen LogP contribution is -2.68. The molecule has 0 aromatic heterocycles. The van der Waals surface area contributed by atoms with Gasteiger partial charge in [-0.2, -0.15) is 0 Å². The zero-order valence-electron chi connectivity index (χ0n) is 25.3. The summed E-state index contributed by atoms with van der Waals surface area (Å²) in [6.45, 7) is 0.316. The zero-order valence-corrected chi connectivity index (χ0v) is 26.1. The van der Waals surface area contributed by atoms with E-state index < -0.39 is 18.1 Å². The van der Waals surface area contributed by atoms with Crippen molar-refractivity contribution in [3.63, 3.8) is 0 Å². The standard InChI is InChI=1S/C33H35N3O8S/c1-40-25-10-4-21(5-11-25)16-35(17-22-6-12-26(41-2)13-7-22)33(39)44-19-24-20-45-31-28(34)30(37)36(31)29(24)32(38)43-18-23-8-14-27(42-3)15-9-23/h4-15,28,31H,16-20,34H2,1-3H3/t28-,31+/m1/s1. The number of rotatable bonds is 12. The van der Waals surface area contributed by atoms with E-state index in [1.807, 2.05) is 48.5 Å². The Hall–Kier alpha value is -4.68. The number of methoxy groups -OCH3 is 3. The molecule has 2 atom stereocenters. The number of esters is 1. The highest BCUT2D eigenvalue weighted by atomic mass is 32.2. The van der Waals surface area contributed by atoms with Crippen LogP contribution in [-0.4, -0.2) is 72.9 Å². The van der Waals surface area contributed by atoms with Gasteiger partial charge in [0.2, 0.25) is 5.91 Å². The second-order valence-corrected chi connectivity index (χ2v) is 11.5. The molecule has 5 rings (SSSR count).